The van der Waals surface area contributed by atoms with Crippen LogP contribution >= 0.6 is 0 Å². The molecule has 0 spiro atoms. The highest BCUT2D eigenvalue weighted by Gasteiger charge is 2.62. The summed E-state index contributed by atoms with van der Waals surface area (Å²) in [6.07, 6.45) is 0. The van der Waals surface area contributed by atoms with E-state index < -0.39 is 70.3 Å². The van der Waals surface area contributed by atoms with Gasteiger partial charge in [-0.25, -0.2) is 26.9 Å². The predicted molar refractivity (Wildman–Crippen MR) is 102 cm³/mol. The molecule has 1 fully saturated rings. The van der Waals surface area contributed by atoms with Gasteiger partial charge in [0.2, 0.25) is 17.6 Å². The highest BCUT2D eigenvalue weighted by atomic mass is 19.2. The molecule has 0 saturated carbocycles. The third-order valence-electron chi connectivity index (χ3n) is 6.86. The van der Waals surface area contributed by atoms with E-state index >= 15 is 0 Å². The van der Waals surface area contributed by atoms with E-state index in [1.165, 1.54) is 0 Å². The van der Waals surface area contributed by atoms with Gasteiger partial charge in [-0.1, -0.05) is 48.5 Å². The minimum Gasteiger partial charge on any atom is -0.274 e. The van der Waals surface area contributed by atoms with Crippen molar-refractivity contribution in [2.45, 2.75) is 11.8 Å². The molecule has 2 atom stereocenters. The maximum atomic E-state index is 14.5. The van der Waals surface area contributed by atoms with Gasteiger partial charge < -0.3 is 0 Å². The van der Waals surface area contributed by atoms with Gasteiger partial charge in [-0.3, -0.25) is 9.59 Å². The molecule has 0 radical (unpaired) electrons. The highest BCUT2D eigenvalue weighted by Crippen LogP contribution is 2.61. The van der Waals surface area contributed by atoms with Crippen molar-refractivity contribution in [1.29, 1.82) is 0 Å². The molecule has 2 amide bonds. The van der Waals surface area contributed by atoms with Crippen LogP contribution < -0.4 is 4.90 Å². The van der Waals surface area contributed by atoms with Gasteiger partial charge in [0.15, 0.2) is 23.3 Å². The number of benzene rings is 3. The predicted octanol–water partition coefficient (Wildman–Crippen LogP) is 4.78. The Morgan fingerprint density at radius 2 is 0.844 bits per heavy atom. The van der Waals surface area contributed by atoms with Gasteiger partial charge in [0, 0.05) is 11.8 Å². The molecular weight excluding hydrogens is 429 g/mol. The SMILES string of the molecule is O=C1C2C3c4ccccc4C(c4ccccc43)C2C(=O)N1c1c(F)c(F)c(F)c(F)c1F. The number of nitrogens with zero attached hydrogens (tertiary/aromatic N) is 1. The lowest BCUT2D eigenvalue weighted by Gasteiger charge is -2.45. The number of hydrogen-bond donors (Lipinski definition) is 0. The molecule has 2 bridgehead atoms. The Bertz CT molecular complexity index is 1230. The number of amides is 2. The monoisotopic (exact) mass is 441 g/mol. The van der Waals surface area contributed by atoms with E-state index in [9.17, 15) is 31.5 Å². The van der Waals surface area contributed by atoms with Crippen LogP contribution in [0, 0.1) is 40.9 Å². The number of anilines is 1. The third-order valence-corrected chi connectivity index (χ3v) is 6.86. The zero-order valence-electron chi connectivity index (χ0n) is 16.1. The fraction of sp³-hybridized carbons (Fsp3) is 0.167. The van der Waals surface area contributed by atoms with Crippen LogP contribution in [0.2, 0.25) is 0 Å². The van der Waals surface area contributed by atoms with Gasteiger partial charge in [-0.2, -0.15) is 0 Å². The summed E-state index contributed by atoms with van der Waals surface area (Å²) in [5, 5.41) is 0. The first-order valence-electron chi connectivity index (χ1n) is 9.91. The van der Waals surface area contributed by atoms with Crippen LogP contribution in [-0.2, 0) is 9.59 Å². The summed E-state index contributed by atoms with van der Waals surface area (Å²) in [4.78, 5) is 27.0. The van der Waals surface area contributed by atoms with Crippen LogP contribution in [0.4, 0.5) is 27.6 Å². The molecule has 3 aromatic rings. The lowest BCUT2D eigenvalue weighted by atomic mass is 9.55. The van der Waals surface area contributed by atoms with E-state index in [-0.39, 0.29) is 4.90 Å². The normalized spacial score (nSPS) is 25.1. The molecule has 3 aromatic carbocycles. The fourth-order valence-corrected chi connectivity index (χ4v) is 5.69. The summed E-state index contributed by atoms with van der Waals surface area (Å²) < 4.78 is 70.4. The van der Waals surface area contributed by atoms with Crippen LogP contribution in [0.15, 0.2) is 48.5 Å². The van der Waals surface area contributed by atoms with Crippen molar-refractivity contribution in [3.63, 3.8) is 0 Å². The number of hydrogen-bond acceptors (Lipinski definition) is 2. The first-order valence-corrected chi connectivity index (χ1v) is 9.91. The van der Waals surface area contributed by atoms with Crippen LogP contribution in [0.5, 0.6) is 0 Å². The number of rotatable bonds is 1. The summed E-state index contributed by atoms with van der Waals surface area (Å²) in [7, 11) is 0. The van der Waals surface area contributed by atoms with Crippen molar-refractivity contribution in [2.75, 3.05) is 4.90 Å². The van der Waals surface area contributed by atoms with Gasteiger partial charge in [0.25, 0.3) is 0 Å². The van der Waals surface area contributed by atoms with Crippen LogP contribution in [0.3, 0.4) is 0 Å². The summed E-state index contributed by atoms with van der Waals surface area (Å²) in [5.74, 6) is -16.3. The van der Waals surface area contributed by atoms with Crippen molar-refractivity contribution < 1.29 is 31.5 Å². The highest BCUT2D eigenvalue weighted by molar-refractivity contribution is 6.23. The second kappa shape index (κ2) is 6.25. The van der Waals surface area contributed by atoms with Crippen molar-refractivity contribution in [3.05, 3.63) is 99.9 Å². The molecule has 32 heavy (non-hydrogen) atoms. The second-order valence-electron chi connectivity index (χ2n) is 8.20. The lowest BCUT2D eigenvalue weighted by molar-refractivity contribution is -0.122. The topological polar surface area (TPSA) is 37.4 Å². The molecule has 1 saturated heterocycles. The summed E-state index contributed by atoms with van der Waals surface area (Å²) in [6, 6.07) is 14.5. The number of halogens is 5. The first-order chi connectivity index (χ1) is 15.3. The quantitative estimate of drug-likeness (QED) is 0.236. The van der Waals surface area contributed by atoms with E-state index in [1.807, 2.05) is 24.3 Å². The molecule has 0 N–H and O–H groups in total. The van der Waals surface area contributed by atoms with Gasteiger partial charge in [0.1, 0.15) is 5.69 Å². The zero-order valence-corrected chi connectivity index (χ0v) is 16.1. The molecule has 160 valence electrons. The summed E-state index contributed by atoms with van der Waals surface area (Å²) >= 11 is 0. The number of imide groups is 1. The molecule has 3 nitrogen and oxygen atoms in total. The Balaban J connectivity index is 1.59. The smallest absolute Gasteiger partial charge is 0.238 e. The molecule has 3 aliphatic carbocycles. The summed E-state index contributed by atoms with van der Waals surface area (Å²) in [5.41, 5.74) is 1.75. The van der Waals surface area contributed by atoms with Crippen LogP contribution in [-0.4, -0.2) is 11.8 Å². The van der Waals surface area contributed by atoms with E-state index in [4.69, 9.17) is 0 Å². The molecule has 4 aliphatic rings. The standard InChI is InChI=1S/C24H12F5NO2/c25-17-18(26)20(28)22(21(29)19(17)27)30-23(31)15-13-9-5-1-2-6-10(9)14(16(15)24(30)32)12-8-4-3-7-11(12)13/h1-8,13-16H. The van der Waals surface area contributed by atoms with Gasteiger partial charge in [-0.15, -0.1) is 0 Å². The maximum Gasteiger partial charge on any atom is 0.238 e. The summed E-state index contributed by atoms with van der Waals surface area (Å²) in [6.45, 7) is 0. The first kappa shape index (κ1) is 19.2. The Labute approximate surface area is 178 Å². The molecule has 1 heterocycles. The van der Waals surface area contributed by atoms with Gasteiger partial charge in [-0.05, 0) is 22.3 Å². The van der Waals surface area contributed by atoms with Gasteiger partial charge in [0.05, 0.1) is 11.8 Å². The van der Waals surface area contributed by atoms with E-state index in [2.05, 4.69) is 0 Å². The molecule has 1 aliphatic heterocycles. The van der Waals surface area contributed by atoms with Crippen LogP contribution in [0.1, 0.15) is 34.1 Å². The van der Waals surface area contributed by atoms with Crippen molar-refractivity contribution >= 4 is 17.5 Å². The van der Waals surface area contributed by atoms with Crippen LogP contribution in [0.25, 0.3) is 0 Å². The minimum absolute atomic E-state index is 0.156. The Morgan fingerprint density at radius 3 is 1.19 bits per heavy atom. The molecule has 7 rings (SSSR count). The second-order valence-corrected chi connectivity index (χ2v) is 8.20. The molecule has 0 aromatic heterocycles. The molecule has 2 unspecified atom stereocenters. The average Bonchev–Trinajstić information content (AvgIpc) is 3.07. The van der Waals surface area contributed by atoms with E-state index in [0.717, 1.165) is 22.3 Å². The Kier molecular flexibility index (Phi) is 3.74. The lowest BCUT2D eigenvalue weighted by Crippen LogP contribution is -2.41. The van der Waals surface area contributed by atoms with Crippen molar-refractivity contribution in [3.8, 4) is 0 Å². The number of carbonyl (C=O) groups excluding carboxylic acids is 2. The molecule has 8 heteroatoms. The van der Waals surface area contributed by atoms with Crippen molar-refractivity contribution in [1.82, 2.24) is 0 Å². The largest absolute Gasteiger partial charge is 0.274 e. The number of carbonyl (C=O) groups is 2. The van der Waals surface area contributed by atoms with E-state index in [1.54, 1.807) is 24.3 Å². The maximum absolute atomic E-state index is 14.5. The molecular formula is C24H12F5NO2. The average molecular weight is 441 g/mol. The van der Waals surface area contributed by atoms with Crippen molar-refractivity contribution in [2.24, 2.45) is 11.8 Å². The Morgan fingerprint density at radius 1 is 0.531 bits per heavy atom. The fourth-order valence-electron chi connectivity index (χ4n) is 5.69. The Hall–Kier alpha value is -3.55. The van der Waals surface area contributed by atoms with E-state index in [0.29, 0.717) is 0 Å². The zero-order chi connectivity index (χ0) is 22.5. The minimum atomic E-state index is -2.35. The third kappa shape index (κ3) is 2.09. The van der Waals surface area contributed by atoms with Gasteiger partial charge >= 0.3 is 0 Å².